The molecule has 1 saturated carbocycles. The first-order chi connectivity index (χ1) is 14.4. The van der Waals surface area contributed by atoms with Crippen molar-refractivity contribution in [3.05, 3.63) is 39.4 Å². The molecule has 0 bridgehead atoms. The lowest BCUT2D eigenvalue weighted by Crippen LogP contribution is -2.56. The standard InChI is InChI=1S/C18H16Cl6F3N3OS/c1-16(2)8(6-11(20)21)12(16)13(31)29-14(17(22,23)24)30-15(32)28-10-5-7(18(25,26)27)3-4-9(10)19/h3-6,8,12,14H,1-2H3,(H,29,31)(H2,28,30,32)/t8-,12-,14-/m1/s1. The van der Waals surface area contributed by atoms with Gasteiger partial charge in [-0.1, -0.05) is 83.5 Å². The van der Waals surface area contributed by atoms with Crippen LogP contribution in [0, 0.1) is 17.3 Å². The quantitative estimate of drug-likeness (QED) is 0.195. The highest BCUT2D eigenvalue weighted by atomic mass is 35.6. The van der Waals surface area contributed by atoms with E-state index in [4.69, 9.17) is 81.8 Å². The predicted octanol–water partition coefficient (Wildman–Crippen LogP) is 7.05. The Balaban J connectivity index is 2.13. The molecule has 1 aromatic rings. The molecule has 178 valence electrons. The number of rotatable bonds is 5. The van der Waals surface area contributed by atoms with Gasteiger partial charge in [0.15, 0.2) is 5.11 Å². The molecule has 0 aliphatic heterocycles. The SMILES string of the molecule is CC1(C)[C@H](C=C(Cl)Cl)[C@@H]1C(=O)N[C@H](NC(=S)Nc1cc(C(F)(F)F)ccc1Cl)C(Cl)(Cl)Cl. The lowest BCUT2D eigenvalue weighted by atomic mass is 10.1. The van der Waals surface area contributed by atoms with Crippen LogP contribution in [0.1, 0.15) is 19.4 Å². The summed E-state index contributed by atoms with van der Waals surface area (Å²) in [5, 5.41) is 7.36. The van der Waals surface area contributed by atoms with Crippen LogP contribution in [0.4, 0.5) is 18.9 Å². The predicted molar refractivity (Wildman–Crippen MR) is 129 cm³/mol. The number of amides is 1. The van der Waals surface area contributed by atoms with E-state index in [9.17, 15) is 18.0 Å². The van der Waals surface area contributed by atoms with E-state index in [1.54, 1.807) is 6.08 Å². The molecule has 0 unspecified atom stereocenters. The van der Waals surface area contributed by atoms with E-state index < -0.39 is 38.9 Å². The van der Waals surface area contributed by atoms with Gasteiger partial charge in [0.05, 0.1) is 22.2 Å². The average molecular weight is 592 g/mol. The lowest BCUT2D eigenvalue weighted by Gasteiger charge is -2.28. The zero-order valence-corrected chi connectivity index (χ0v) is 21.6. The number of anilines is 1. The summed E-state index contributed by atoms with van der Waals surface area (Å²) in [6.07, 6.45) is -4.36. The van der Waals surface area contributed by atoms with Gasteiger partial charge >= 0.3 is 6.18 Å². The lowest BCUT2D eigenvalue weighted by molar-refractivity contribution is -0.137. The molecule has 3 atom stereocenters. The highest BCUT2D eigenvalue weighted by molar-refractivity contribution is 7.80. The number of hydrogen-bond acceptors (Lipinski definition) is 2. The zero-order valence-electron chi connectivity index (χ0n) is 16.3. The van der Waals surface area contributed by atoms with Gasteiger partial charge in [-0.05, 0) is 47.8 Å². The highest BCUT2D eigenvalue weighted by Gasteiger charge is 2.61. The van der Waals surface area contributed by atoms with Gasteiger partial charge in [0.2, 0.25) is 9.70 Å². The van der Waals surface area contributed by atoms with Gasteiger partial charge in [-0.15, -0.1) is 0 Å². The van der Waals surface area contributed by atoms with E-state index in [0.717, 1.165) is 18.2 Å². The number of hydrogen-bond donors (Lipinski definition) is 3. The minimum absolute atomic E-state index is 0.0241. The molecule has 1 fully saturated rings. The molecule has 0 aromatic heterocycles. The van der Waals surface area contributed by atoms with Crippen LogP contribution in [-0.2, 0) is 11.0 Å². The Hall–Kier alpha value is -0.350. The molecule has 0 saturated heterocycles. The molecule has 1 aliphatic rings. The topological polar surface area (TPSA) is 53.2 Å². The van der Waals surface area contributed by atoms with Crippen molar-refractivity contribution in [2.24, 2.45) is 17.3 Å². The number of thiocarbonyl (C=S) groups is 1. The molecule has 1 amide bonds. The van der Waals surface area contributed by atoms with Gasteiger partial charge in [0, 0.05) is 0 Å². The summed E-state index contributed by atoms with van der Waals surface area (Å²) in [6.45, 7) is 3.68. The highest BCUT2D eigenvalue weighted by Crippen LogP contribution is 2.59. The second-order valence-electron chi connectivity index (χ2n) is 7.56. The average Bonchev–Trinajstić information content (AvgIpc) is 3.13. The van der Waals surface area contributed by atoms with E-state index in [1.807, 2.05) is 13.8 Å². The molecule has 4 nitrogen and oxygen atoms in total. The second-order valence-corrected chi connectivity index (χ2v) is 11.7. The van der Waals surface area contributed by atoms with Gasteiger partial charge in [-0.25, -0.2) is 0 Å². The van der Waals surface area contributed by atoms with E-state index >= 15 is 0 Å². The molecule has 14 heteroatoms. The van der Waals surface area contributed by atoms with Crippen LogP contribution < -0.4 is 16.0 Å². The summed E-state index contributed by atoms with van der Waals surface area (Å²) in [5.41, 5.74) is -1.51. The van der Waals surface area contributed by atoms with Gasteiger partial charge < -0.3 is 16.0 Å². The third-order valence-electron chi connectivity index (χ3n) is 4.93. The Kier molecular flexibility index (Phi) is 8.80. The molecule has 32 heavy (non-hydrogen) atoms. The number of allylic oxidation sites excluding steroid dienone is 1. The fourth-order valence-electron chi connectivity index (χ4n) is 3.14. The smallest absolute Gasteiger partial charge is 0.339 e. The zero-order chi connectivity index (χ0) is 24.6. The van der Waals surface area contributed by atoms with Crippen LogP contribution in [0.25, 0.3) is 0 Å². The van der Waals surface area contributed by atoms with E-state index in [0.29, 0.717) is 0 Å². The fraction of sp³-hybridized carbons (Fsp3) is 0.444. The van der Waals surface area contributed by atoms with Crippen LogP contribution in [0.5, 0.6) is 0 Å². The van der Waals surface area contributed by atoms with Crippen LogP contribution in [0.15, 0.2) is 28.8 Å². The first kappa shape index (κ1) is 27.9. The summed E-state index contributed by atoms with van der Waals surface area (Å²) in [6, 6.07) is 2.66. The van der Waals surface area contributed by atoms with Crippen LogP contribution >= 0.6 is 81.8 Å². The van der Waals surface area contributed by atoms with Crippen molar-refractivity contribution in [3.63, 3.8) is 0 Å². The largest absolute Gasteiger partial charge is 0.416 e. The van der Waals surface area contributed by atoms with E-state index in [-0.39, 0.29) is 26.2 Å². The minimum Gasteiger partial charge on any atom is -0.339 e. The van der Waals surface area contributed by atoms with Crippen LogP contribution in [0.2, 0.25) is 5.02 Å². The summed E-state index contributed by atoms with van der Waals surface area (Å²) in [7, 11) is 0. The maximum Gasteiger partial charge on any atom is 0.416 e. The van der Waals surface area contributed by atoms with Gasteiger partial charge in [-0.2, -0.15) is 13.2 Å². The summed E-state index contributed by atoms with van der Waals surface area (Å²) >= 11 is 40.3. The van der Waals surface area contributed by atoms with Gasteiger partial charge in [0.25, 0.3) is 0 Å². The molecular weight excluding hydrogens is 576 g/mol. The number of carbonyl (C=O) groups excluding carboxylic acids is 1. The third kappa shape index (κ3) is 7.08. The van der Waals surface area contributed by atoms with Crippen molar-refractivity contribution in [3.8, 4) is 0 Å². The Bertz CT molecular complexity index is 932. The summed E-state index contributed by atoms with van der Waals surface area (Å²) in [5.74, 6) is -1.21. The number of nitrogens with one attached hydrogen (secondary N) is 3. The van der Waals surface area contributed by atoms with E-state index in [1.165, 1.54) is 0 Å². The Morgan fingerprint density at radius 3 is 2.28 bits per heavy atom. The number of carbonyl (C=O) groups is 1. The normalized spacial score (nSPS) is 20.7. The van der Waals surface area contributed by atoms with Crippen LogP contribution in [0.3, 0.4) is 0 Å². The Morgan fingerprint density at radius 2 is 1.78 bits per heavy atom. The molecule has 1 aromatic carbocycles. The second kappa shape index (κ2) is 10.1. The van der Waals surface area contributed by atoms with Crippen molar-refractivity contribution in [1.82, 2.24) is 10.6 Å². The Labute approximate surface area is 218 Å². The van der Waals surface area contributed by atoms with Crippen molar-refractivity contribution >= 4 is 98.5 Å². The third-order valence-corrected chi connectivity index (χ3v) is 6.39. The first-order valence-electron chi connectivity index (χ1n) is 8.78. The maximum absolute atomic E-state index is 13.0. The fourth-order valence-corrected chi connectivity index (χ4v) is 4.14. The summed E-state index contributed by atoms with van der Waals surface area (Å²) < 4.78 is 36.8. The maximum atomic E-state index is 13.0. The molecule has 2 rings (SSSR count). The monoisotopic (exact) mass is 589 g/mol. The van der Waals surface area contributed by atoms with Crippen molar-refractivity contribution in [2.45, 2.75) is 30.0 Å². The summed E-state index contributed by atoms with van der Waals surface area (Å²) in [4.78, 5) is 12.8. The minimum atomic E-state index is -4.59. The Morgan fingerprint density at radius 1 is 1.19 bits per heavy atom. The molecule has 3 N–H and O–H groups in total. The van der Waals surface area contributed by atoms with Crippen molar-refractivity contribution in [2.75, 3.05) is 5.32 Å². The molecule has 1 aliphatic carbocycles. The van der Waals surface area contributed by atoms with Gasteiger partial charge in [0.1, 0.15) is 10.7 Å². The first-order valence-corrected chi connectivity index (χ1v) is 11.5. The number of halogens is 9. The number of benzene rings is 1. The molecular formula is C18H16Cl6F3N3OS. The van der Waals surface area contributed by atoms with Crippen LogP contribution in [-0.4, -0.2) is 21.0 Å². The van der Waals surface area contributed by atoms with Crippen molar-refractivity contribution < 1.29 is 18.0 Å². The molecule has 0 spiro atoms. The van der Waals surface area contributed by atoms with Crippen molar-refractivity contribution in [1.29, 1.82) is 0 Å². The molecule has 0 heterocycles. The van der Waals surface area contributed by atoms with Gasteiger partial charge in [-0.3, -0.25) is 4.79 Å². The molecule has 0 radical (unpaired) electrons. The van der Waals surface area contributed by atoms with E-state index in [2.05, 4.69) is 16.0 Å². The number of alkyl halides is 6.